The molecule has 7 nitrogen and oxygen atoms in total. The largest absolute Gasteiger partial charge is 0.395 e. The van der Waals surface area contributed by atoms with Crippen LogP contribution in [0.3, 0.4) is 0 Å². The highest BCUT2D eigenvalue weighted by atomic mass is 16.6. The van der Waals surface area contributed by atoms with Gasteiger partial charge < -0.3 is 10.0 Å². The van der Waals surface area contributed by atoms with Gasteiger partial charge in [-0.15, -0.1) is 0 Å². The van der Waals surface area contributed by atoms with E-state index in [9.17, 15) is 20.0 Å². The zero-order valence-corrected chi connectivity index (χ0v) is 11.9. The lowest BCUT2D eigenvalue weighted by molar-refractivity contribution is -0.384. The van der Waals surface area contributed by atoms with E-state index in [0.29, 0.717) is 5.69 Å². The lowest BCUT2D eigenvalue weighted by atomic mass is 10.2. The second kappa shape index (κ2) is 6.64. The van der Waals surface area contributed by atoms with Gasteiger partial charge in [-0.25, -0.2) is 0 Å². The van der Waals surface area contributed by atoms with Crippen molar-refractivity contribution < 1.29 is 14.8 Å². The molecule has 7 heteroatoms. The number of likely N-dealkylation sites (tertiary alicyclic amines) is 1. The van der Waals surface area contributed by atoms with Gasteiger partial charge >= 0.3 is 0 Å². The van der Waals surface area contributed by atoms with Gasteiger partial charge in [-0.1, -0.05) is 0 Å². The maximum absolute atomic E-state index is 12.2. The van der Waals surface area contributed by atoms with Gasteiger partial charge in [0.1, 0.15) is 0 Å². The summed E-state index contributed by atoms with van der Waals surface area (Å²) in [7, 11) is 1.65. The maximum Gasteiger partial charge on any atom is 0.269 e. The number of nitro groups is 1. The van der Waals surface area contributed by atoms with Crippen molar-refractivity contribution in [3.8, 4) is 0 Å². The minimum absolute atomic E-state index is 0.000476. The lowest BCUT2D eigenvalue weighted by Crippen LogP contribution is -2.41. The van der Waals surface area contributed by atoms with Gasteiger partial charge in [0.15, 0.2) is 0 Å². The SMILES string of the molecule is CN(C(=O)CN1CCC[C@@H]1CO)c1ccc([N+](=O)[O-])cc1. The molecule has 1 atom stereocenters. The predicted molar refractivity (Wildman–Crippen MR) is 78.2 cm³/mol. The molecule has 1 heterocycles. The van der Waals surface area contributed by atoms with Crippen LogP contribution in [0.15, 0.2) is 24.3 Å². The Kier molecular flexibility index (Phi) is 4.87. The molecule has 0 bridgehead atoms. The molecule has 0 radical (unpaired) electrons. The number of hydrogen-bond acceptors (Lipinski definition) is 5. The molecule has 2 rings (SSSR count). The van der Waals surface area contributed by atoms with Gasteiger partial charge in [-0.2, -0.15) is 0 Å². The van der Waals surface area contributed by atoms with Crippen LogP contribution in [0, 0.1) is 10.1 Å². The molecule has 1 fully saturated rings. The summed E-state index contributed by atoms with van der Waals surface area (Å²) in [6.07, 6.45) is 1.89. The van der Waals surface area contributed by atoms with E-state index in [1.54, 1.807) is 19.2 Å². The average molecular weight is 293 g/mol. The van der Waals surface area contributed by atoms with Gasteiger partial charge in [0.2, 0.25) is 5.91 Å². The number of hydrogen-bond donors (Lipinski definition) is 1. The van der Waals surface area contributed by atoms with Crippen molar-refractivity contribution in [1.82, 2.24) is 4.90 Å². The Bertz CT molecular complexity index is 517. The molecular formula is C14H19N3O4. The number of nitro benzene ring substituents is 1. The van der Waals surface area contributed by atoms with Crippen LogP contribution in [0.5, 0.6) is 0 Å². The smallest absolute Gasteiger partial charge is 0.269 e. The zero-order chi connectivity index (χ0) is 15.4. The third-order valence-electron chi connectivity index (χ3n) is 3.87. The van der Waals surface area contributed by atoms with Crippen LogP contribution in [0.4, 0.5) is 11.4 Å². The van der Waals surface area contributed by atoms with E-state index in [1.165, 1.54) is 17.0 Å². The topological polar surface area (TPSA) is 86.9 Å². The predicted octanol–water partition coefficient (Wildman–Crippen LogP) is 1.01. The Balaban J connectivity index is 2.00. The van der Waals surface area contributed by atoms with Crippen molar-refractivity contribution in [2.75, 3.05) is 31.6 Å². The first-order chi connectivity index (χ1) is 10.0. The second-order valence-corrected chi connectivity index (χ2v) is 5.18. The highest BCUT2D eigenvalue weighted by molar-refractivity contribution is 5.94. The summed E-state index contributed by atoms with van der Waals surface area (Å²) in [6, 6.07) is 5.93. The number of carbonyl (C=O) groups excluding carboxylic acids is 1. The standard InChI is InChI=1S/C14H19N3O4/c1-15(11-4-6-12(7-5-11)17(20)21)14(19)9-16-8-2-3-13(16)10-18/h4-7,13,18H,2-3,8-10H2,1H3/t13-/m1/s1. The van der Waals surface area contributed by atoms with Gasteiger partial charge in [0.05, 0.1) is 18.1 Å². The molecule has 0 aromatic heterocycles. The highest BCUT2D eigenvalue weighted by Gasteiger charge is 2.26. The summed E-state index contributed by atoms with van der Waals surface area (Å²) in [6.45, 7) is 1.12. The monoisotopic (exact) mass is 293 g/mol. The van der Waals surface area contributed by atoms with Gasteiger partial charge in [0, 0.05) is 30.9 Å². The van der Waals surface area contributed by atoms with Crippen molar-refractivity contribution in [3.63, 3.8) is 0 Å². The summed E-state index contributed by atoms with van der Waals surface area (Å²) >= 11 is 0. The Morgan fingerprint density at radius 1 is 1.48 bits per heavy atom. The lowest BCUT2D eigenvalue weighted by Gasteiger charge is -2.25. The van der Waals surface area contributed by atoms with Gasteiger partial charge in [-0.3, -0.25) is 19.8 Å². The highest BCUT2D eigenvalue weighted by Crippen LogP contribution is 2.20. The van der Waals surface area contributed by atoms with E-state index in [-0.39, 0.29) is 30.8 Å². The van der Waals surface area contributed by atoms with Crippen LogP contribution in [0.2, 0.25) is 0 Å². The van der Waals surface area contributed by atoms with E-state index < -0.39 is 4.92 Å². The average Bonchev–Trinajstić information content (AvgIpc) is 2.93. The minimum atomic E-state index is -0.471. The summed E-state index contributed by atoms with van der Waals surface area (Å²) in [5.41, 5.74) is 0.616. The number of nitrogens with zero attached hydrogens (tertiary/aromatic N) is 3. The van der Waals surface area contributed by atoms with Crippen LogP contribution in [-0.4, -0.2) is 53.6 Å². The molecule has 1 saturated heterocycles. The number of non-ortho nitro benzene ring substituents is 1. The number of likely N-dealkylation sites (N-methyl/N-ethyl adjacent to an activating group) is 1. The van der Waals surface area contributed by atoms with E-state index in [0.717, 1.165) is 19.4 Å². The van der Waals surface area contributed by atoms with E-state index >= 15 is 0 Å². The molecule has 21 heavy (non-hydrogen) atoms. The molecule has 0 spiro atoms. The molecule has 1 aromatic rings. The molecule has 1 aliphatic rings. The fraction of sp³-hybridized carbons (Fsp3) is 0.500. The number of amides is 1. The number of aliphatic hydroxyl groups excluding tert-OH is 1. The molecule has 1 N–H and O–H groups in total. The Morgan fingerprint density at radius 3 is 2.71 bits per heavy atom. The van der Waals surface area contributed by atoms with Crippen molar-refractivity contribution in [3.05, 3.63) is 34.4 Å². The quantitative estimate of drug-likeness (QED) is 0.647. The number of aliphatic hydroxyl groups is 1. The van der Waals surface area contributed by atoms with Crippen molar-refractivity contribution in [2.24, 2.45) is 0 Å². The van der Waals surface area contributed by atoms with E-state index in [1.807, 2.05) is 4.90 Å². The molecule has 114 valence electrons. The van der Waals surface area contributed by atoms with Crippen LogP contribution >= 0.6 is 0 Å². The number of rotatable bonds is 5. The third-order valence-corrected chi connectivity index (χ3v) is 3.87. The Hall–Kier alpha value is -1.99. The van der Waals surface area contributed by atoms with E-state index in [2.05, 4.69) is 0 Å². The maximum atomic E-state index is 12.2. The van der Waals surface area contributed by atoms with Crippen LogP contribution in [0.1, 0.15) is 12.8 Å². The third kappa shape index (κ3) is 3.56. The minimum Gasteiger partial charge on any atom is -0.395 e. The zero-order valence-electron chi connectivity index (χ0n) is 11.9. The number of anilines is 1. The molecule has 0 aliphatic carbocycles. The van der Waals surface area contributed by atoms with Crippen molar-refractivity contribution in [1.29, 1.82) is 0 Å². The first-order valence-corrected chi connectivity index (χ1v) is 6.89. The molecule has 1 aromatic carbocycles. The fourth-order valence-electron chi connectivity index (χ4n) is 2.53. The van der Waals surface area contributed by atoms with Gasteiger partial charge in [0.25, 0.3) is 5.69 Å². The van der Waals surface area contributed by atoms with Crippen LogP contribution in [-0.2, 0) is 4.79 Å². The molecule has 1 aliphatic heterocycles. The van der Waals surface area contributed by atoms with E-state index in [4.69, 9.17) is 0 Å². The summed E-state index contributed by atoms with van der Waals surface area (Å²) in [5.74, 6) is -0.0933. The Labute approximate surface area is 122 Å². The normalized spacial score (nSPS) is 18.7. The molecule has 1 amide bonds. The first-order valence-electron chi connectivity index (χ1n) is 6.89. The van der Waals surface area contributed by atoms with Gasteiger partial charge in [-0.05, 0) is 31.5 Å². The number of benzene rings is 1. The first kappa shape index (κ1) is 15.4. The second-order valence-electron chi connectivity index (χ2n) is 5.18. The van der Waals surface area contributed by atoms with Crippen molar-refractivity contribution >= 4 is 17.3 Å². The summed E-state index contributed by atoms with van der Waals surface area (Å²) < 4.78 is 0. The summed E-state index contributed by atoms with van der Waals surface area (Å²) in [5, 5.41) is 19.9. The van der Waals surface area contributed by atoms with Crippen LogP contribution < -0.4 is 4.90 Å². The van der Waals surface area contributed by atoms with Crippen molar-refractivity contribution in [2.45, 2.75) is 18.9 Å². The molecule has 0 saturated carbocycles. The fourth-order valence-corrected chi connectivity index (χ4v) is 2.53. The van der Waals surface area contributed by atoms with Crippen LogP contribution in [0.25, 0.3) is 0 Å². The molecular weight excluding hydrogens is 274 g/mol. The summed E-state index contributed by atoms with van der Waals surface area (Å²) in [4.78, 5) is 25.8. The number of carbonyl (C=O) groups is 1. The Morgan fingerprint density at radius 2 is 2.14 bits per heavy atom. The molecule has 0 unspecified atom stereocenters.